The number of hydrogen-bond donors (Lipinski definition) is 2. The van der Waals surface area contributed by atoms with Crippen molar-refractivity contribution in [3.8, 4) is 11.8 Å². The van der Waals surface area contributed by atoms with Crippen molar-refractivity contribution < 1.29 is 23.8 Å². The molecule has 0 spiro atoms. The molecule has 0 aromatic heterocycles. The summed E-state index contributed by atoms with van der Waals surface area (Å²) in [4.78, 5) is 24.8. The molecule has 0 heterocycles. The van der Waals surface area contributed by atoms with Gasteiger partial charge in [0.2, 0.25) is 0 Å². The van der Waals surface area contributed by atoms with Gasteiger partial charge in [0.1, 0.15) is 24.2 Å². The zero-order valence-electron chi connectivity index (χ0n) is 22.2. The first kappa shape index (κ1) is 28.4. The van der Waals surface area contributed by atoms with E-state index >= 15 is 0 Å². The van der Waals surface area contributed by atoms with Crippen LogP contribution < -0.4 is 10.1 Å². The van der Waals surface area contributed by atoms with Gasteiger partial charge in [-0.3, -0.25) is 9.59 Å². The number of hydrogen-bond acceptors (Lipinski definition) is 4. The van der Waals surface area contributed by atoms with E-state index in [2.05, 4.69) is 37.4 Å². The summed E-state index contributed by atoms with van der Waals surface area (Å²) < 4.78 is 19.6. The predicted molar refractivity (Wildman–Crippen MR) is 143 cm³/mol. The van der Waals surface area contributed by atoms with Gasteiger partial charge in [0.25, 0.3) is 5.91 Å². The van der Waals surface area contributed by atoms with E-state index < -0.39 is 11.8 Å². The van der Waals surface area contributed by atoms with Gasteiger partial charge >= 0.3 is 5.97 Å². The number of aryl methyl sites for hydroxylation is 3. The van der Waals surface area contributed by atoms with Crippen molar-refractivity contribution in [1.29, 1.82) is 5.26 Å². The molecule has 0 saturated heterocycles. The fourth-order valence-corrected chi connectivity index (χ4v) is 4.42. The van der Waals surface area contributed by atoms with Crippen LogP contribution in [0.4, 0.5) is 4.39 Å². The molecule has 1 atom stereocenters. The van der Waals surface area contributed by atoms with E-state index in [1.165, 1.54) is 12.1 Å². The Morgan fingerprint density at radius 2 is 1.76 bits per heavy atom. The molecule has 198 valence electrons. The third-order valence-electron chi connectivity index (χ3n) is 6.15. The van der Waals surface area contributed by atoms with Crippen molar-refractivity contribution in [2.24, 2.45) is 5.92 Å². The number of halogens is 1. The molecule has 1 amide bonds. The number of carboxylic acid groups (broad SMARTS) is 1. The average molecular weight is 517 g/mol. The summed E-state index contributed by atoms with van der Waals surface area (Å²) in [6, 6.07) is 17.0. The molecule has 1 unspecified atom stereocenters. The Morgan fingerprint density at radius 3 is 2.37 bits per heavy atom. The number of carboxylic acids is 1. The molecule has 3 aromatic rings. The summed E-state index contributed by atoms with van der Waals surface area (Å²) in [6.07, 6.45) is 0.845. The van der Waals surface area contributed by atoms with Gasteiger partial charge in [0, 0.05) is 18.1 Å². The fourth-order valence-electron chi connectivity index (χ4n) is 4.42. The van der Waals surface area contributed by atoms with E-state index in [9.17, 15) is 19.1 Å². The topological polar surface area (TPSA) is 99.4 Å². The lowest BCUT2D eigenvalue weighted by Gasteiger charge is -2.23. The number of nitrogens with zero attached hydrogens (tertiary/aromatic N) is 1. The van der Waals surface area contributed by atoms with Crippen LogP contribution in [0.25, 0.3) is 0 Å². The van der Waals surface area contributed by atoms with Gasteiger partial charge in [0.05, 0.1) is 11.6 Å². The summed E-state index contributed by atoms with van der Waals surface area (Å²) >= 11 is 0. The van der Waals surface area contributed by atoms with Crippen molar-refractivity contribution in [3.63, 3.8) is 0 Å². The fraction of sp³-hybridized carbons (Fsp3) is 0.323. The molecule has 0 bridgehead atoms. The minimum atomic E-state index is -0.945. The average Bonchev–Trinajstić information content (AvgIpc) is 2.85. The minimum absolute atomic E-state index is 0.0668. The molecule has 38 heavy (non-hydrogen) atoms. The first-order valence-corrected chi connectivity index (χ1v) is 12.6. The maximum atomic E-state index is 13.9. The Morgan fingerprint density at radius 1 is 1.05 bits per heavy atom. The Hall–Kier alpha value is -4.18. The van der Waals surface area contributed by atoms with Crippen LogP contribution in [0.15, 0.2) is 54.6 Å². The standard InChI is InChI=1S/C31H33FN2O4/c1-19(2)11-29(25-13-20(3)12-21(4)14-25)34-31(37)27-15-22(5-6-23(27)8-10-30(35)36)18-38-26-9-7-24(17-33)28(32)16-26/h5-7,9,12-16,19,29H,8,10-11,18H2,1-4H3,(H,34,37)(H,35,36). The molecule has 2 N–H and O–H groups in total. The molecule has 7 heteroatoms. The number of benzene rings is 3. The summed E-state index contributed by atoms with van der Waals surface area (Å²) in [5.41, 5.74) is 4.87. The number of aliphatic carboxylic acids is 1. The van der Waals surface area contributed by atoms with E-state index in [4.69, 9.17) is 10.00 Å². The molecule has 0 aliphatic carbocycles. The van der Waals surface area contributed by atoms with E-state index in [0.717, 1.165) is 29.2 Å². The third kappa shape index (κ3) is 7.91. The predicted octanol–water partition coefficient (Wildman–Crippen LogP) is 6.43. The molecule has 3 aromatic carbocycles. The van der Waals surface area contributed by atoms with E-state index in [1.807, 2.05) is 13.8 Å². The lowest BCUT2D eigenvalue weighted by atomic mass is 9.93. The zero-order valence-corrected chi connectivity index (χ0v) is 22.2. The van der Waals surface area contributed by atoms with Crippen LogP contribution in [0.3, 0.4) is 0 Å². The van der Waals surface area contributed by atoms with Gasteiger partial charge < -0.3 is 15.2 Å². The van der Waals surface area contributed by atoms with Crippen molar-refractivity contribution in [3.05, 3.63) is 99.4 Å². The quantitative estimate of drug-likeness (QED) is 0.306. The van der Waals surface area contributed by atoms with Gasteiger partial charge in [-0.25, -0.2) is 4.39 Å². The highest BCUT2D eigenvalue weighted by molar-refractivity contribution is 5.96. The van der Waals surface area contributed by atoms with Crippen molar-refractivity contribution >= 4 is 11.9 Å². The van der Waals surface area contributed by atoms with Crippen molar-refractivity contribution in [2.45, 2.75) is 59.6 Å². The van der Waals surface area contributed by atoms with Gasteiger partial charge in [-0.05, 0) is 67.5 Å². The first-order valence-electron chi connectivity index (χ1n) is 12.6. The SMILES string of the molecule is Cc1cc(C)cc(C(CC(C)C)NC(=O)c2cc(COc3ccc(C#N)c(F)c3)ccc2CCC(=O)O)c1. The number of carbonyl (C=O) groups is 2. The summed E-state index contributed by atoms with van der Waals surface area (Å²) in [7, 11) is 0. The monoisotopic (exact) mass is 516 g/mol. The van der Waals surface area contributed by atoms with E-state index in [-0.39, 0.29) is 42.7 Å². The molecule has 0 aliphatic heterocycles. The molecule has 0 fully saturated rings. The van der Waals surface area contributed by atoms with Gasteiger partial charge in [-0.15, -0.1) is 0 Å². The number of rotatable bonds is 11. The van der Waals surface area contributed by atoms with Crippen molar-refractivity contribution in [2.75, 3.05) is 0 Å². The number of nitriles is 1. The summed E-state index contributed by atoms with van der Waals surface area (Å²) in [5.74, 6) is -1.31. The van der Waals surface area contributed by atoms with Crippen LogP contribution in [0.5, 0.6) is 5.75 Å². The van der Waals surface area contributed by atoms with E-state index in [0.29, 0.717) is 22.6 Å². The second kappa shape index (κ2) is 12.9. The van der Waals surface area contributed by atoms with Crippen LogP contribution >= 0.6 is 0 Å². The molecule has 3 rings (SSSR count). The highest BCUT2D eigenvalue weighted by atomic mass is 19.1. The van der Waals surface area contributed by atoms with Crippen LogP contribution in [0.1, 0.15) is 76.5 Å². The Balaban J connectivity index is 1.88. The summed E-state index contributed by atoms with van der Waals surface area (Å²) in [6.45, 7) is 8.32. The zero-order chi connectivity index (χ0) is 27.8. The third-order valence-corrected chi connectivity index (χ3v) is 6.15. The second-order valence-corrected chi connectivity index (χ2v) is 10.0. The second-order valence-electron chi connectivity index (χ2n) is 10.0. The van der Waals surface area contributed by atoms with Crippen molar-refractivity contribution in [1.82, 2.24) is 5.32 Å². The highest BCUT2D eigenvalue weighted by Gasteiger charge is 2.21. The largest absolute Gasteiger partial charge is 0.489 e. The molecular formula is C31H33FN2O4. The number of amides is 1. The molecule has 0 aliphatic rings. The molecule has 0 saturated carbocycles. The molecule has 6 nitrogen and oxygen atoms in total. The highest BCUT2D eigenvalue weighted by Crippen LogP contribution is 2.25. The number of ether oxygens (including phenoxy) is 1. The van der Waals surface area contributed by atoms with Crippen LogP contribution in [-0.4, -0.2) is 17.0 Å². The first-order chi connectivity index (χ1) is 18.0. The van der Waals surface area contributed by atoms with E-state index in [1.54, 1.807) is 24.3 Å². The van der Waals surface area contributed by atoms with Gasteiger partial charge in [-0.1, -0.05) is 55.3 Å². The maximum absolute atomic E-state index is 13.9. The van der Waals surface area contributed by atoms with Crippen LogP contribution in [0.2, 0.25) is 0 Å². The van der Waals surface area contributed by atoms with Gasteiger partial charge in [0.15, 0.2) is 0 Å². The molecule has 0 radical (unpaired) electrons. The maximum Gasteiger partial charge on any atom is 0.303 e. The van der Waals surface area contributed by atoms with Crippen LogP contribution in [0, 0.1) is 36.9 Å². The number of carbonyl (C=O) groups excluding carboxylic acids is 1. The Labute approximate surface area is 223 Å². The lowest BCUT2D eigenvalue weighted by molar-refractivity contribution is -0.136. The van der Waals surface area contributed by atoms with Crippen LogP contribution in [-0.2, 0) is 17.8 Å². The normalized spacial score (nSPS) is 11.6. The van der Waals surface area contributed by atoms with Gasteiger partial charge in [-0.2, -0.15) is 5.26 Å². The Bertz CT molecular complexity index is 1340. The summed E-state index contributed by atoms with van der Waals surface area (Å²) in [5, 5.41) is 21.3. The smallest absolute Gasteiger partial charge is 0.303 e. The Kier molecular flexibility index (Phi) is 9.61. The number of nitrogens with one attached hydrogen (secondary N) is 1. The lowest BCUT2D eigenvalue weighted by Crippen LogP contribution is -2.30. The molecular weight excluding hydrogens is 483 g/mol. The minimum Gasteiger partial charge on any atom is -0.489 e.